The predicted molar refractivity (Wildman–Crippen MR) is 141 cm³/mol. The molecule has 0 amide bonds. The lowest BCUT2D eigenvalue weighted by atomic mass is 10.4. The summed E-state index contributed by atoms with van der Waals surface area (Å²) in [5, 5.41) is 0. The number of benzene rings is 2. The molecular formula is C12H4I6S2. The lowest BCUT2D eigenvalue weighted by Crippen LogP contribution is -1.89. The van der Waals surface area contributed by atoms with Crippen LogP contribution >= 0.6 is 157 Å². The van der Waals surface area contributed by atoms with E-state index in [0.717, 1.165) is 0 Å². The van der Waals surface area contributed by atoms with Gasteiger partial charge in [-0.2, -0.15) is 0 Å². The van der Waals surface area contributed by atoms with Gasteiger partial charge in [0.1, 0.15) is 0 Å². The minimum Gasteiger partial charge on any atom is -0.0514 e. The lowest BCUT2D eigenvalue weighted by Gasteiger charge is -2.09. The van der Waals surface area contributed by atoms with Gasteiger partial charge in [0.25, 0.3) is 0 Å². The van der Waals surface area contributed by atoms with E-state index in [1.54, 1.807) is 0 Å². The molecule has 0 unspecified atom stereocenters. The van der Waals surface area contributed by atoms with Crippen molar-refractivity contribution in [3.63, 3.8) is 0 Å². The summed E-state index contributed by atoms with van der Waals surface area (Å²) in [4.78, 5) is 2.68. The average molecular weight is 974 g/mol. The van der Waals surface area contributed by atoms with E-state index in [1.165, 1.54) is 31.2 Å². The zero-order chi connectivity index (χ0) is 14.9. The van der Waals surface area contributed by atoms with Crippen LogP contribution in [0, 0.1) is 21.4 Å². The standard InChI is InChI=1S/C12H4I6S2/c13-5-1-3-7(11(17)9(5)15)19-20-8-4-2-6(14)10(16)12(8)18/h1-4H. The van der Waals surface area contributed by atoms with E-state index in [4.69, 9.17) is 0 Å². The second kappa shape index (κ2) is 9.28. The molecule has 0 aromatic heterocycles. The zero-order valence-corrected chi connectivity index (χ0v) is 24.0. The maximum absolute atomic E-state index is 2.44. The Balaban J connectivity index is 2.22. The molecule has 106 valence electrons. The minimum absolute atomic E-state index is 1.32. The highest BCUT2D eigenvalue weighted by atomic mass is 127. The van der Waals surface area contributed by atoms with Gasteiger partial charge >= 0.3 is 0 Å². The Morgan fingerprint density at radius 1 is 0.500 bits per heavy atom. The Kier molecular flexibility index (Phi) is 9.21. The van der Waals surface area contributed by atoms with Crippen LogP contribution in [0.25, 0.3) is 0 Å². The first-order valence-electron chi connectivity index (χ1n) is 5.03. The van der Waals surface area contributed by atoms with Gasteiger partial charge in [-0.05, 0) is 160 Å². The van der Waals surface area contributed by atoms with Crippen molar-refractivity contribution in [2.45, 2.75) is 9.79 Å². The molecule has 0 heterocycles. The van der Waals surface area contributed by atoms with E-state index in [-0.39, 0.29) is 0 Å². The highest BCUT2D eigenvalue weighted by Crippen LogP contribution is 2.43. The van der Waals surface area contributed by atoms with Gasteiger partial charge in [-0.1, -0.05) is 21.6 Å². The fraction of sp³-hybridized carbons (Fsp3) is 0. The summed E-state index contributed by atoms with van der Waals surface area (Å²) in [6.07, 6.45) is 0. The molecule has 0 fully saturated rings. The molecule has 2 aromatic rings. The molecule has 0 atom stereocenters. The maximum Gasteiger partial charge on any atom is 0.0419 e. The summed E-state index contributed by atoms with van der Waals surface area (Å²) in [5.74, 6) is 0. The van der Waals surface area contributed by atoms with Crippen LogP contribution < -0.4 is 0 Å². The largest absolute Gasteiger partial charge is 0.0514 e. The molecule has 0 saturated carbocycles. The number of hydrogen-bond donors (Lipinski definition) is 0. The Labute approximate surface area is 208 Å². The van der Waals surface area contributed by atoms with E-state index in [2.05, 4.69) is 160 Å². The molecule has 0 saturated heterocycles. The lowest BCUT2D eigenvalue weighted by molar-refractivity contribution is 1.34. The van der Waals surface area contributed by atoms with Crippen LogP contribution in [0.1, 0.15) is 0 Å². The van der Waals surface area contributed by atoms with Crippen LogP contribution in [0.3, 0.4) is 0 Å². The van der Waals surface area contributed by atoms with Crippen molar-refractivity contribution in [2.24, 2.45) is 0 Å². The fourth-order valence-electron chi connectivity index (χ4n) is 1.23. The zero-order valence-electron chi connectivity index (χ0n) is 9.39. The molecule has 2 aromatic carbocycles. The van der Waals surface area contributed by atoms with Crippen molar-refractivity contribution < 1.29 is 0 Å². The van der Waals surface area contributed by atoms with Gasteiger partial charge in [-0.15, -0.1) is 0 Å². The molecule has 20 heavy (non-hydrogen) atoms. The smallest absolute Gasteiger partial charge is 0.0419 e. The Morgan fingerprint density at radius 3 is 1.20 bits per heavy atom. The summed E-state index contributed by atoms with van der Waals surface area (Å²) >= 11 is 14.5. The molecule has 2 rings (SSSR count). The van der Waals surface area contributed by atoms with Crippen LogP contribution in [0.2, 0.25) is 0 Å². The summed E-state index contributed by atoms with van der Waals surface area (Å²) < 4.78 is 8.04. The topological polar surface area (TPSA) is 0 Å². The molecule has 0 nitrogen and oxygen atoms in total. The van der Waals surface area contributed by atoms with Gasteiger partial charge in [0.15, 0.2) is 0 Å². The van der Waals surface area contributed by atoms with Crippen molar-refractivity contribution in [1.29, 1.82) is 0 Å². The average Bonchev–Trinajstić information content (AvgIpc) is 2.43. The third kappa shape index (κ3) is 5.01. The van der Waals surface area contributed by atoms with Gasteiger partial charge in [0.2, 0.25) is 0 Å². The third-order valence-electron chi connectivity index (χ3n) is 2.22. The van der Waals surface area contributed by atoms with Crippen molar-refractivity contribution in [3.8, 4) is 0 Å². The number of halogens is 6. The van der Waals surface area contributed by atoms with Crippen molar-refractivity contribution >= 4 is 157 Å². The maximum atomic E-state index is 2.44. The summed E-state index contributed by atoms with van der Waals surface area (Å²) in [6.45, 7) is 0. The van der Waals surface area contributed by atoms with Crippen LogP contribution in [0.5, 0.6) is 0 Å². The van der Waals surface area contributed by atoms with Gasteiger partial charge in [-0.3, -0.25) is 0 Å². The molecule has 0 aliphatic carbocycles. The van der Waals surface area contributed by atoms with Crippen LogP contribution in [-0.4, -0.2) is 0 Å². The van der Waals surface area contributed by atoms with Crippen molar-refractivity contribution in [2.75, 3.05) is 0 Å². The highest BCUT2D eigenvalue weighted by Gasteiger charge is 2.12. The van der Waals surface area contributed by atoms with Crippen LogP contribution in [0.4, 0.5) is 0 Å². The molecule has 8 heteroatoms. The Morgan fingerprint density at radius 2 is 0.850 bits per heavy atom. The Bertz CT molecular complexity index is 601. The quantitative estimate of drug-likeness (QED) is 0.174. The summed E-state index contributed by atoms with van der Waals surface area (Å²) in [6, 6.07) is 8.81. The number of rotatable bonds is 3. The van der Waals surface area contributed by atoms with Gasteiger partial charge in [-0.25, -0.2) is 0 Å². The van der Waals surface area contributed by atoms with Crippen LogP contribution in [0.15, 0.2) is 34.1 Å². The first-order valence-corrected chi connectivity index (χ1v) is 13.7. The predicted octanol–water partition coefficient (Wildman–Crippen LogP) is 8.11. The molecule has 0 spiro atoms. The van der Waals surface area contributed by atoms with Crippen molar-refractivity contribution in [3.05, 3.63) is 45.7 Å². The van der Waals surface area contributed by atoms with E-state index in [9.17, 15) is 0 Å². The fourth-order valence-corrected chi connectivity index (χ4v) is 9.12. The summed E-state index contributed by atoms with van der Waals surface area (Å²) in [5.41, 5.74) is 0. The highest BCUT2D eigenvalue weighted by molar-refractivity contribution is 14.1. The Hall–Kier alpha value is 3.52. The monoisotopic (exact) mass is 973 g/mol. The van der Waals surface area contributed by atoms with Gasteiger partial charge in [0, 0.05) is 31.2 Å². The van der Waals surface area contributed by atoms with Crippen molar-refractivity contribution in [1.82, 2.24) is 0 Å². The van der Waals surface area contributed by atoms with E-state index in [1.807, 2.05) is 21.6 Å². The third-order valence-corrected chi connectivity index (χ3v) is 15.8. The minimum atomic E-state index is 1.32. The molecule has 0 radical (unpaired) electrons. The summed E-state index contributed by atoms with van der Waals surface area (Å²) in [7, 11) is 3.68. The van der Waals surface area contributed by atoms with Crippen LogP contribution in [-0.2, 0) is 0 Å². The van der Waals surface area contributed by atoms with E-state index in [0.29, 0.717) is 0 Å². The van der Waals surface area contributed by atoms with E-state index < -0.39 is 0 Å². The molecule has 0 aliphatic rings. The number of hydrogen-bond acceptors (Lipinski definition) is 2. The second-order valence-corrected chi connectivity index (χ2v) is 12.4. The molecular weight excluding hydrogens is 970 g/mol. The van der Waals surface area contributed by atoms with Gasteiger partial charge < -0.3 is 0 Å². The first kappa shape index (κ1) is 19.8. The molecule has 0 bridgehead atoms. The van der Waals surface area contributed by atoms with Gasteiger partial charge in [0.05, 0.1) is 0 Å². The van der Waals surface area contributed by atoms with E-state index >= 15 is 0 Å². The first-order chi connectivity index (χ1) is 9.41. The SMILES string of the molecule is Ic1ccc(SSc2ccc(I)c(I)c2I)c(I)c1I. The molecule has 0 N–H and O–H groups in total. The molecule has 0 aliphatic heterocycles. The second-order valence-electron chi connectivity index (χ2n) is 3.51. The normalized spacial score (nSPS) is 10.9.